The van der Waals surface area contributed by atoms with Gasteiger partial charge in [0.15, 0.2) is 0 Å². The van der Waals surface area contributed by atoms with E-state index in [-0.39, 0.29) is 13.2 Å². The number of ether oxygens (including phenoxy) is 2. The molecule has 3 aromatic carbocycles. The van der Waals surface area contributed by atoms with E-state index in [4.69, 9.17) is 14.6 Å². The van der Waals surface area contributed by atoms with Gasteiger partial charge in [0, 0.05) is 6.54 Å². The molecule has 1 aromatic heterocycles. The van der Waals surface area contributed by atoms with Crippen molar-refractivity contribution in [1.29, 1.82) is 0 Å². The lowest BCUT2D eigenvalue weighted by atomic mass is 10.3. The van der Waals surface area contributed by atoms with E-state index in [1.165, 1.54) is 0 Å². The summed E-state index contributed by atoms with van der Waals surface area (Å²) in [6.07, 6.45) is -0.743. The van der Waals surface area contributed by atoms with Crippen molar-refractivity contribution >= 4 is 17.0 Å². The Bertz CT molecular complexity index is 1100. The van der Waals surface area contributed by atoms with E-state index < -0.39 is 6.10 Å². The first kappa shape index (κ1) is 20.7. The summed E-state index contributed by atoms with van der Waals surface area (Å²) < 4.78 is 13.4. The monoisotopic (exact) mass is 419 g/mol. The Labute approximate surface area is 180 Å². The number of aromatic nitrogens is 2. The molecule has 4 aromatic rings. The highest BCUT2D eigenvalue weighted by molar-refractivity contribution is 5.78. The number of hydrogen-bond donors (Lipinski definition) is 3. The number of benzene rings is 3. The molecular weight excluding hydrogens is 394 g/mol. The number of para-hydroxylation sites is 3. The molecule has 7 heteroatoms. The van der Waals surface area contributed by atoms with Crippen LogP contribution in [-0.4, -0.2) is 45.6 Å². The molecule has 160 valence electrons. The maximum absolute atomic E-state index is 10.6. The maximum Gasteiger partial charge on any atom is 0.204 e. The number of aliphatic hydroxyl groups is 2. The second-order valence-corrected chi connectivity index (χ2v) is 7.04. The molecule has 4 rings (SSSR count). The van der Waals surface area contributed by atoms with Gasteiger partial charge < -0.3 is 29.6 Å². The quantitative estimate of drug-likeness (QED) is 0.363. The predicted octanol–water partition coefficient (Wildman–Crippen LogP) is 3.67. The Morgan fingerprint density at radius 2 is 1.55 bits per heavy atom. The minimum Gasteiger partial charge on any atom is -0.491 e. The summed E-state index contributed by atoms with van der Waals surface area (Å²) in [7, 11) is 0. The zero-order chi connectivity index (χ0) is 21.5. The number of fused-ring (bicyclic) bond motifs is 1. The standard InChI is InChI=1S/C24H25N3O4/c28-15-14-25-24-26-22-8-4-5-9-23(22)27(24)16-18(29)17-30-19-10-12-21(13-11-19)31-20-6-2-1-3-7-20/h1-13,18,28-29H,14-17H2,(H,25,26)/t18-/m1/s1. The largest absolute Gasteiger partial charge is 0.491 e. The maximum atomic E-state index is 10.6. The van der Waals surface area contributed by atoms with Gasteiger partial charge in [-0.3, -0.25) is 0 Å². The molecule has 0 unspecified atom stereocenters. The number of nitrogens with zero attached hydrogens (tertiary/aromatic N) is 2. The summed E-state index contributed by atoms with van der Waals surface area (Å²) in [5.74, 6) is 2.73. The first-order chi connectivity index (χ1) is 15.2. The van der Waals surface area contributed by atoms with E-state index in [0.717, 1.165) is 16.8 Å². The van der Waals surface area contributed by atoms with Crippen LogP contribution in [0.1, 0.15) is 0 Å². The SMILES string of the molecule is OCCNc1nc2ccccc2n1C[C@@H](O)COc1ccc(Oc2ccccc2)cc1. The Kier molecular flexibility index (Phi) is 6.66. The first-order valence-electron chi connectivity index (χ1n) is 10.2. The minimum atomic E-state index is -0.743. The molecule has 31 heavy (non-hydrogen) atoms. The van der Waals surface area contributed by atoms with E-state index in [1.54, 1.807) is 0 Å². The molecule has 0 radical (unpaired) electrons. The van der Waals surface area contributed by atoms with Crippen molar-refractivity contribution in [3.05, 3.63) is 78.9 Å². The highest BCUT2D eigenvalue weighted by Crippen LogP contribution is 2.24. The van der Waals surface area contributed by atoms with Crippen LogP contribution in [0.4, 0.5) is 5.95 Å². The highest BCUT2D eigenvalue weighted by Gasteiger charge is 2.14. The van der Waals surface area contributed by atoms with E-state index in [9.17, 15) is 5.11 Å². The van der Waals surface area contributed by atoms with Crippen molar-refractivity contribution in [2.75, 3.05) is 25.1 Å². The molecule has 1 heterocycles. The van der Waals surface area contributed by atoms with Crippen molar-refractivity contribution in [2.45, 2.75) is 12.6 Å². The predicted molar refractivity (Wildman–Crippen MR) is 120 cm³/mol. The molecule has 3 N–H and O–H groups in total. The fourth-order valence-corrected chi connectivity index (χ4v) is 3.25. The average molecular weight is 419 g/mol. The number of hydrogen-bond acceptors (Lipinski definition) is 6. The van der Waals surface area contributed by atoms with Gasteiger partial charge in [0.25, 0.3) is 0 Å². The third kappa shape index (κ3) is 5.33. The van der Waals surface area contributed by atoms with Crippen molar-refractivity contribution in [3.8, 4) is 17.2 Å². The summed E-state index contributed by atoms with van der Waals surface area (Å²) >= 11 is 0. The molecule has 0 amide bonds. The molecule has 1 atom stereocenters. The van der Waals surface area contributed by atoms with Gasteiger partial charge in [-0.2, -0.15) is 0 Å². The molecular formula is C24H25N3O4. The fourth-order valence-electron chi connectivity index (χ4n) is 3.25. The lowest BCUT2D eigenvalue weighted by Gasteiger charge is -2.16. The van der Waals surface area contributed by atoms with Gasteiger partial charge in [-0.1, -0.05) is 30.3 Å². The zero-order valence-electron chi connectivity index (χ0n) is 17.0. The van der Waals surface area contributed by atoms with Gasteiger partial charge in [-0.25, -0.2) is 4.98 Å². The number of anilines is 1. The second-order valence-electron chi connectivity index (χ2n) is 7.04. The first-order valence-corrected chi connectivity index (χ1v) is 10.2. The van der Waals surface area contributed by atoms with Crippen LogP contribution < -0.4 is 14.8 Å². The lowest BCUT2D eigenvalue weighted by molar-refractivity contribution is 0.0938. The highest BCUT2D eigenvalue weighted by atomic mass is 16.5. The molecule has 0 spiro atoms. The summed E-state index contributed by atoms with van der Waals surface area (Å²) in [5, 5.41) is 22.8. The molecule has 0 bridgehead atoms. The average Bonchev–Trinajstić information content (AvgIpc) is 3.15. The summed E-state index contributed by atoms with van der Waals surface area (Å²) in [4.78, 5) is 4.54. The van der Waals surface area contributed by atoms with Gasteiger partial charge in [0.2, 0.25) is 5.95 Å². The molecule has 0 saturated heterocycles. The Balaban J connectivity index is 1.36. The van der Waals surface area contributed by atoms with Crippen LogP contribution in [0.5, 0.6) is 17.2 Å². The van der Waals surface area contributed by atoms with Crippen molar-refractivity contribution in [2.24, 2.45) is 0 Å². The van der Waals surface area contributed by atoms with Crippen LogP contribution in [-0.2, 0) is 6.54 Å². The molecule has 7 nitrogen and oxygen atoms in total. The van der Waals surface area contributed by atoms with E-state index >= 15 is 0 Å². The molecule has 0 saturated carbocycles. The molecule has 0 fully saturated rings. The minimum absolute atomic E-state index is 0.00114. The van der Waals surface area contributed by atoms with E-state index in [1.807, 2.05) is 83.4 Å². The lowest BCUT2D eigenvalue weighted by Crippen LogP contribution is -2.25. The number of imidazole rings is 1. The topological polar surface area (TPSA) is 88.8 Å². The normalized spacial score (nSPS) is 11.9. The number of rotatable bonds is 10. The van der Waals surface area contributed by atoms with E-state index in [2.05, 4.69) is 10.3 Å². The van der Waals surface area contributed by atoms with Gasteiger partial charge in [-0.05, 0) is 48.5 Å². The molecule has 0 aliphatic heterocycles. The van der Waals surface area contributed by atoms with Gasteiger partial charge in [0.05, 0.1) is 24.2 Å². The third-order valence-electron chi connectivity index (χ3n) is 4.69. The molecule has 0 aliphatic rings. The molecule has 0 aliphatic carbocycles. The Morgan fingerprint density at radius 1 is 0.871 bits per heavy atom. The second kappa shape index (κ2) is 9.97. The van der Waals surface area contributed by atoms with E-state index in [0.29, 0.717) is 30.5 Å². The van der Waals surface area contributed by atoms with Gasteiger partial charge >= 0.3 is 0 Å². The third-order valence-corrected chi connectivity index (χ3v) is 4.69. The summed E-state index contributed by atoms with van der Waals surface area (Å²) in [6.45, 7) is 0.820. The Morgan fingerprint density at radius 3 is 2.32 bits per heavy atom. The number of aliphatic hydroxyl groups excluding tert-OH is 2. The van der Waals surface area contributed by atoms with Gasteiger partial charge in [0.1, 0.15) is 30.0 Å². The zero-order valence-corrected chi connectivity index (χ0v) is 17.0. The van der Waals surface area contributed by atoms with Gasteiger partial charge in [-0.15, -0.1) is 0 Å². The van der Waals surface area contributed by atoms with Crippen LogP contribution in [0, 0.1) is 0 Å². The van der Waals surface area contributed by atoms with Crippen LogP contribution in [0.15, 0.2) is 78.9 Å². The van der Waals surface area contributed by atoms with Crippen molar-refractivity contribution < 1.29 is 19.7 Å². The Hall–Kier alpha value is -3.55. The summed E-state index contributed by atoms with van der Waals surface area (Å²) in [6, 6.07) is 24.6. The summed E-state index contributed by atoms with van der Waals surface area (Å²) in [5.41, 5.74) is 1.73. The van der Waals surface area contributed by atoms with Crippen LogP contribution >= 0.6 is 0 Å². The van der Waals surface area contributed by atoms with Crippen molar-refractivity contribution in [1.82, 2.24) is 9.55 Å². The van der Waals surface area contributed by atoms with Crippen LogP contribution in [0.2, 0.25) is 0 Å². The van der Waals surface area contributed by atoms with Crippen LogP contribution in [0.3, 0.4) is 0 Å². The number of nitrogens with one attached hydrogen (secondary N) is 1. The van der Waals surface area contributed by atoms with Crippen LogP contribution in [0.25, 0.3) is 11.0 Å². The smallest absolute Gasteiger partial charge is 0.204 e. The van der Waals surface area contributed by atoms with Crippen molar-refractivity contribution in [3.63, 3.8) is 0 Å². The fraction of sp³-hybridized carbons (Fsp3) is 0.208.